The van der Waals surface area contributed by atoms with Gasteiger partial charge in [0, 0.05) is 10.9 Å². The Morgan fingerprint density at radius 3 is 2.44 bits per heavy atom. The third-order valence-electron chi connectivity index (χ3n) is 3.82. The van der Waals surface area contributed by atoms with Crippen molar-refractivity contribution in [3.8, 4) is 11.5 Å². The summed E-state index contributed by atoms with van der Waals surface area (Å²) in [4.78, 5) is 12.8. The number of carbonyl (C=O) groups excluding carboxylic acids is 1. The highest BCUT2D eigenvalue weighted by atomic mass is 19.1. The van der Waals surface area contributed by atoms with E-state index in [1.165, 1.54) is 0 Å². The monoisotopic (exact) mass is 339 g/mol. The Kier molecular flexibility index (Phi) is 5.14. The van der Waals surface area contributed by atoms with Gasteiger partial charge in [0.15, 0.2) is 0 Å². The van der Waals surface area contributed by atoms with Crippen LogP contribution in [0.4, 0.5) is 10.1 Å². The van der Waals surface area contributed by atoms with Gasteiger partial charge >= 0.3 is 0 Å². The summed E-state index contributed by atoms with van der Waals surface area (Å²) in [6.45, 7) is -0.582. The number of benzene rings is 3. The maximum Gasteiger partial charge on any atom is 0.256 e. The summed E-state index contributed by atoms with van der Waals surface area (Å²) in [5.74, 6) is 0.892. The van der Waals surface area contributed by atoms with E-state index in [4.69, 9.17) is 9.47 Å². The van der Waals surface area contributed by atoms with Crippen molar-refractivity contribution in [2.75, 3.05) is 25.7 Å². The first-order valence-corrected chi connectivity index (χ1v) is 7.89. The van der Waals surface area contributed by atoms with Gasteiger partial charge in [-0.15, -0.1) is 0 Å². The molecule has 3 rings (SSSR count). The number of para-hydroxylation sites is 2. The summed E-state index contributed by atoms with van der Waals surface area (Å²) in [6, 6.07) is 18.0. The van der Waals surface area contributed by atoms with E-state index in [9.17, 15) is 9.18 Å². The van der Waals surface area contributed by atoms with Crippen LogP contribution in [0.1, 0.15) is 10.4 Å². The van der Waals surface area contributed by atoms with Crippen LogP contribution in [0.3, 0.4) is 0 Å². The first-order chi connectivity index (χ1) is 12.2. The lowest BCUT2D eigenvalue weighted by atomic mass is 10.0. The summed E-state index contributed by atoms with van der Waals surface area (Å²) >= 11 is 0. The number of methoxy groups -OCH3 is 1. The third kappa shape index (κ3) is 3.55. The molecule has 0 heterocycles. The fourth-order valence-corrected chi connectivity index (χ4v) is 2.68. The number of halogens is 1. The van der Waals surface area contributed by atoms with E-state index in [2.05, 4.69) is 5.32 Å². The fourth-order valence-electron chi connectivity index (χ4n) is 2.68. The molecule has 25 heavy (non-hydrogen) atoms. The molecule has 0 aliphatic carbocycles. The number of rotatable bonds is 6. The zero-order valence-corrected chi connectivity index (χ0v) is 13.8. The number of alkyl halides is 1. The van der Waals surface area contributed by atoms with Crippen LogP contribution in [0.15, 0.2) is 60.7 Å². The molecule has 0 saturated carbocycles. The molecule has 0 aliphatic rings. The number of nitrogens with one attached hydrogen (secondary N) is 1. The Bertz CT molecular complexity index is 895. The number of amides is 1. The topological polar surface area (TPSA) is 47.6 Å². The van der Waals surface area contributed by atoms with Gasteiger partial charge in [0.25, 0.3) is 5.91 Å². The van der Waals surface area contributed by atoms with E-state index in [0.29, 0.717) is 22.7 Å². The van der Waals surface area contributed by atoms with Crippen molar-refractivity contribution in [2.45, 2.75) is 0 Å². The van der Waals surface area contributed by atoms with Crippen molar-refractivity contribution in [1.29, 1.82) is 0 Å². The quantitative estimate of drug-likeness (QED) is 0.722. The Morgan fingerprint density at radius 2 is 1.68 bits per heavy atom. The Labute approximate surface area is 145 Å². The molecule has 5 heteroatoms. The number of ether oxygens (including phenoxy) is 2. The van der Waals surface area contributed by atoms with Crippen molar-refractivity contribution in [1.82, 2.24) is 0 Å². The smallest absolute Gasteiger partial charge is 0.256 e. The van der Waals surface area contributed by atoms with Gasteiger partial charge in [-0.2, -0.15) is 0 Å². The van der Waals surface area contributed by atoms with E-state index in [1.807, 2.05) is 36.4 Å². The number of hydrogen-bond acceptors (Lipinski definition) is 3. The molecule has 4 nitrogen and oxygen atoms in total. The second-order valence-corrected chi connectivity index (χ2v) is 5.35. The lowest BCUT2D eigenvalue weighted by Crippen LogP contribution is -2.13. The zero-order chi connectivity index (χ0) is 17.6. The number of carbonyl (C=O) groups is 1. The summed E-state index contributed by atoms with van der Waals surface area (Å²) in [5.41, 5.74) is 1.10. The summed E-state index contributed by atoms with van der Waals surface area (Å²) in [7, 11) is 1.55. The van der Waals surface area contributed by atoms with Crippen molar-refractivity contribution in [2.24, 2.45) is 0 Å². The van der Waals surface area contributed by atoms with Crippen LogP contribution in [0, 0.1) is 0 Å². The van der Waals surface area contributed by atoms with E-state index in [0.717, 1.165) is 10.8 Å². The Hall–Kier alpha value is -3.08. The van der Waals surface area contributed by atoms with Crippen LogP contribution in [-0.4, -0.2) is 26.3 Å². The minimum atomic E-state index is -0.565. The number of fused-ring (bicyclic) bond motifs is 1. The first kappa shape index (κ1) is 16.8. The second kappa shape index (κ2) is 7.66. The summed E-state index contributed by atoms with van der Waals surface area (Å²) in [6.07, 6.45) is 0. The molecule has 1 amide bonds. The van der Waals surface area contributed by atoms with Gasteiger partial charge < -0.3 is 14.8 Å². The minimum Gasteiger partial charge on any atom is -0.495 e. The van der Waals surface area contributed by atoms with Gasteiger partial charge in [-0.1, -0.05) is 36.4 Å². The van der Waals surface area contributed by atoms with Gasteiger partial charge in [-0.25, -0.2) is 4.39 Å². The van der Waals surface area contributed by atoms with Crippen LogP contribution < -0.4 is 14.8 Å². The van der Waals surface area contributed by atoms with Crippen LogP contribution in [0.5, 0.6) is 11.5 Å². The van der Waals surface area contributed by atoms with E-state index in [1.54, 1.807) is 31.4 Å². The van der Waals surface area contributed by atoms with E-state index in [-0.39, 0.29) is 12.5 Å². The van der Waals surface area contributed by atoms with Crippen molar-refractivity contribution in [3.05, 3.63) is 66.2 Å². The van der Waals surface area contributed by atoms with Crippen LogP contribution >= 0.6 is 0 Å². The van der Waals surface area contributed by atoms with Gasteiger partial charge in [-0.3, -0.25) is 4.79 Å². The molecule has 0 radical (unpaired) electrons. The lowest BCUT2D eigenvalue weighted by molar-refractivity contribution is 0.102. The lowest BCUT2D eigenvalue weighted by Gasteiger charge is -2.13. The molecule has 3 aromatic rings. The number of hydrogen-bond donors (Lipinski definition) is 1. The van der Waals surface area contributed by atoms with Gasteiger partial charge in [0.2, 0.25) is 0 Å². The SMILES string of the molecule is COc1ccccc1NC(=O)c1ccc(OCCF)c2ccccc12. The largest absolute Gasteiger partial charge is 0.495 e. The van der Waals surface area contributed by atoms with Gasteiger partial charge in [0.05, 0.1) is 12.8 Å². The highest BCUT2D eigenvalue weighted by Gasteiger charge is 2.14. The summed E-state index contributed by atoms with van der Waals surface area (Å²) < 4.78 is 23.1. The van der Waals surface area contributed by atoms with Crippen LogP contribution in [-0.2, 0) is 0 Å². The maximum absolute atomic E-state index is 12.8. The van der Waals surface area contributed by atoms with E-state index < -0.39 is 6.67 Å². The molecule has 3 aromatic carbocycles. The Balaban J connectivity index is 1.97. The molecule has 0 aromatic heterocycles. The molecule has 0 fully saturated rings. The molecular weight excluding hydrogens is 321 g/mol. The standard InChI is InChI=1S/C20H18FNO3/c1-24-19-9-5-4-8-17(19)22-20(23)16-10-11-18(25-13-12-21)15-7-3-2-6-14(15)16/h2-11H,12-13H2,1H3,(H,22,23). The zero-order valence-electron chi connectivity index (χ0n) is 13.8. The fraction of sp³-hybridized carbons (Fsp3) is 0.150. The van der Waals surface area contributed by atoms with Gasteiger partial charge in [0.1, 0.15) is 24.8 Å². The van der Waals surface area contributed by atoms with Crippen LogP contribution in [0.2, 0.25) is 0 Å². The summed E-state index contributed by atoms with van der Waals surface area (Å²) in [5, 5.41) is 4.38. The predicted molar refractivity (Wildman–Crippen MR) is 96.4 cm³/mol. The van der Waals surface area contributed by atoms with Gasteiger partial charge in [-0.05, 0) is 29.7 Å². The molecule has 0 saturated heterocycles. The predicted octanol–water partition coefficient (Wildman–Crippen LogP) is 4.45. The molecular formula is C20H18FNO3. The molecule has 0 aliphatic heterocycles. The highest BCUT2D eigenvalue weighted by Crippen LogP contribution is 2.30. The molecule has 0 bridgehead atoms. The first-order valence-electron chi connectivity index (χ1n) is 7.89. The van der Waals surface area contributed by atoms with Crippen molar-refractivity contribution >= 4 is 22.4 Å². The maximum atomic E-state index is 12.8. The normalized spacial score (nSPS) is 10.5. The van der Waals surface area contributed by atoms with E-state index >= 15 is 0 Å². The second-order valence-electron chi connectivity index (χ2n) is 5.35. The average Bonchev–Trinajstić information content (AvgIpc) is 2.66. The van der Waals surface area contributed by atoms with Crippen LogP contribution in [0.25, 0.3) is 10.8 Å². The molecule has 0 atom stereocenters. The van der Waals surface area contributed by atoms with Crippen molar-refractivity contribution < 1.29 is 18.7 Å². The number of anilines is 1. The third-order valence-corrected chi connectivity index (χ3v) is 3.82. The minimum absolute atomic E-state index is 0.0171. The molecule has 1 N–H and O–H groups in total. The molecule has 128 valence electrons. The average molecular weight is 339 g/mol. The Morgan fingerprint density at radius 1 is 0.960 bits per heavy atom. The highest BCUT2D eigenvalue weighted by molar-refractivity contribution is 6.14. The molecule has 0 unspecified atom stereocenters. The van der Waals surface area contributed by atoms with Crippen molar-refractivity contribution in [3.63, 3.8) is 0 Å². The molecule has 0 spiro atoms.